The largest absolute Gasteiger partial charge is 0.339 e. The second-order valence-electron chi connectivity index (χ2n) is 5.75. The zero-order chi connectivity index (χ0) is 18.6. The van der Waals surface area contributed by atoms with Crippen molar-refractivity contribution in [3.05, 3.63) is 58.6 Å². The molecule has 0 saturated carbocycles. The minimum atomic E-state index is -3.73. The molecule has 134 valence electrons. The Kier molecular flexibility index (Phi) is 6.08. The Labute approximate surface area is 153 Å². The Morgan fingerprint density at radius 2 is 1.92 bits per heavy atom. The van der Waals surface area contributed by atoms with Gasteiger partial charge in [0.15, 0.2) is 0 Å². The quantitative estimate of drug-likeness (QED) is 0.828. The Morgan fingerprint density at radius 1 is 1.20 bits per heavy atom. The molecule has 0 fully saturated rings. The van der Waals surface area contributed by atoms with Gasteiger partial charge in [0, 0.05) is 30.7 Å². The number of hydrogen-bond acceptors (Lipinski definition) is 3. The first-order valence-electron chi connectivity index (χ1n) is 7.86. The second kappa shape index (κ2) is 7.89. The maximum Gasteiger partial charge on any atom is 0.261 e. The summed E-state index contributed by atoms with van der Waals surface area (Å²) in [4.78, 5) is 13.3. The van der Waals surface area contributed by atoms with Crippen molar-refractivity contribution in [2.24, 2.45) is 0 Å². The first-order chi connectivity index (χ1) is 11.7. The van der Waals surface area contributed by atoms with Crippen molar-refractivity contribution in [2.45, 2.75) is 32.2 Å². The fraction of sp³-hybridized carbons (Fsp3) is 0.278. The summed E-state index contributed by atoms with van der Waals surface area (Å²) in [5.41, 5.74) is 2.10. The average molecular weight is 381 g/mol. The van der Waals surface area contributed by atoms with Crippen LogP contribution in [0.25, 0.3) is 0 Å². The van der Waals surface area contributed by atoms with Gasteiger partial charge in [0.1, 0.15) is 0 Å². The highest BCUT2D eigenvalue weighted by molar-refractivity contribution is 7.92. The summed E-state index contributed by atoms with van der Waals surface area (Å²) in [7, 11) is -3.73. The van der Waals surface area contributed by atoms with Crippen LogP contribution in [0.4, 0.5) is 5.69 Å². The van der Waals surface area contributed by atoms with Gasteiger partial charge in [-0.2, -0.15) is 0 Å². The molecule has 0 aliphatic carbocycles. The lowest BCUT2D eigenvalue weighted by Crippen LogP contribution is -2.27. The number of anilines is 1. The van der Waals surface area contributed by atoms with E-state index in [-0.39, 0.29) is 10.8 Å². The predicted molar refractivity (Wildman–Crippen MR) is 100 cm³/mol. The smallest absolute Gasteiger partial charge is 0.261 e. The molecule has 0 heterocycles. The van der Waals surface area contributed by atoms with E-state index in [0.717, 1.165) is 11.1 Å². The molecule has 0 aromatic heterocycles. The molecule has 0 aliphatic rings. The summed E-state index contributed by atoms with van der Waals surface area (Å²) in [6.45, 7) is 6.24. The standard InChI is InChI=1S/C18H21ClN2O3S/c1-4-21(14(3)22)12-15-6-5-7-16(10-15)20-25(23,24)17-9-8-13(2)18(19)11-17/h5-11,20H,4,12H2,1-3H3. The molecule has 2 aromatic carbocycles. The van der Waals surface area contributed by atoms with Gasteiger partial charge in [-0.25, -0.2) is 8.42 Å². The summed E-state index contributed by atoms with van der Waals surface area (Å²) in [6, 6.07) is 11.6. The Hall–Kier alpha value is -2.05. The van der Waals surface area contributed by atoms with E-state index in [9.17, 15) is 13.2 Å². The predicted octanol–water partition coefficient (Wildman–Crippen LogP) is 3.82. The van der Waals surface area contributed by atoms with Crippen LogP contribution in [0.15, 0.2) is 47.4 Å². The Morgan fingerprint density at radius 3 is 2.52 bits per heavy atom. The number of sulfonamides is 1. The molecule has 0 bridgehead atoms. The highest BCUT2D eigenvalue weighted by Gasteiger charge is 2.16. The molecule has 1 amide bonds. The monoisotopic (exact) mass is 380 g/mol. The maximum atomic E-state index is 12.5. The highest BCUT2D eigenvalue weighted by atomic mass is 35.5. The third-order valence-electron chi connectivity index (χ3n) is 3.83. The van der Waals surface area contributed by atoms with Crippen molar-refractivity contribution in [3.63, 3.8) is 0 Å². The summed E-state index contributed by atoms with van der Waals surface area (Å²) in [5.74, 6) is -0.0252. The number of carbonyl (C=O) groups is 1. The van der Waals surface area contributed by atoms with E-state index in [1.165, 1.54) is 19.1 Å². The maximum absolute atomic E-state index is 12.5. The van der Waals surface area contributed by atoms with Crippen molar-refractivity contribution >= 4 is 33.2 Å². The van der Waals surface area contributed by atoms with Crippen LogP contribution >= 0.6 is 11.6 Å². The summed E-state index contributed by atoms with van der Waals surface area (Å²) >= 11 is 6.02. The third-order valence-corrected chi connectivity index (χ3v) is 5.62. The van der Waals surface area contributed by atoms with Gasteiger partial charge in [-0.3, -0.25) is 9.52 Å². The molecule has 0 saturated heterocycles. The van der Waals surface area contributed by atoms with Crippen molar-refractivity contribution in [3.8, 4) is 0 Å². The molecule has 7 heteroatoms. The lowest BCUT2D eigenvalue weighted by Gasteiger charge is -2.19. The van der Waals surface area contributed by atoms with Gasteiger partial charge in [-0.1, -0.05) is 29.8 Å². The lowest BCUT2D eigenvalue weighted by atomic mass is 10.2. The average Bonchev–Trinajstić information content (AvgIpc) is 2.54. The molecule has 0 atom stereocenters. The summed E-state index contributed by atoms with van der Waals surface area (Å²) < 4.78 is 27.6. The van der Waals surface area contributed by atoms with Gasteiger partial charge in [0.05, 0.1) is 4.90 Å². The molecule has 0 aliphatic heterocycles. The van der Waals surface area contributed by atoms with E-state index in [2.05, 4.69) is 4.72 Å². The number of amides is 1. The van der Waals surface area contributed by atoms with Crippen molar-refractivity contribution < 1.29 is 13.2 Å². The van der Waals surface area contributed by atoms with Crippen LogP contribution < -0.4 is 4.72 Å². The number of rotatable bonds is 6. The van der Waals surface area contributed by atoms with Crippen LogP contribution in [0.3, 0.4) is 0 Å². The highest BCUT2D eigenvalue weighted by Crippen LogP contribution is 2.23. The van der Waals surface area contributed by atoms with Gasteiger partial charge >= 0.3 is 0 Å². The molecule has 5 nitrogen and oxygen atoms in total. The Bertz CT molecular complexity index is 882. The van der Waals surface area contributed by atoms with E-state index < -0.39 is 10.0 Å². The number of nitrogens with one attached hydrogen (secondary N) is 1. The number of benzene rings is 2. The minimum absolute atomic E-state index is 0.0252. The summed E-state index contributed by atoms with van der Waals surface area (Å²) in [5, 5.41) is 0.400. The fourth-order valence-corrected chi connectivity index (χ4v) is 3.67. The van der Waals surface area contributed by atoms with Crippen LogP contribution in [-0.2, 0) is 21.4 Å². The van der Waals surface area contributed by atoms with E-state index >= 15 is 0 Å². The number of nitrogens with zero attached hydrogens (tertiary/aromatic N) is 1. The van der Waals surface area contributed by atoms with Gasteiger partial charge in [0.25, 0.3) is 10.0 Å². The molecule has 0 radical (unpaired) electrons. The van der Waals surface area contributed by atoms with Crippen LogP contribution in [0, 0.1) is 6.92 Å². The first-order valence-corrected chi connectivity index (χ1v) is 9.72. The van der Waals surface area contributed by atoms with Gasteiger partial charge in [-0.05, 0) is 49.2 Å². The Balaban J connectivity index is 2.23. The molecular formula is C18H21ClN2O3S. The lowest BCUT2D eigenvalue weighted by molar-refractivity contribution is -0.129. The van der Waals surface area contributed by atoms with Gasteiger partial charge < -0.3 is 4.90 Å². The SMILES string of the molecule is CCN(Cc1cccc(NS(=O)(=O)c2ccc(C)c(Cl)c2)c1)C(C)=O. The van der Waals surface area contributed by atoms with Crippen LogP contribution in [0.2, 0.25) is 5.02 Å². The molecule has 25 heavy (non-hydrogen) atoms. The molecule has 1 N–H and O–H groups in total. The molecule has 2 rings (SSSR count). The molecule has 2 aromatic rings. The van der Waals surface area contributed by atoms with E-state index in [1.807, 2.05) is 19.9 Å². The molecule has 0 unspecified atom stereocenters. The van der Waals surface area contributed by atoms with Crippen LogP contribution in [0.5, 0.6) is 0 Å². The van der Waals surface area contributed by atoms with Gasteiger partial charge in [-0.15, -0.1) is 0 Å². The fourth-order valence-electron chi connectivity index (χ4n) is 2.35. The zero-order valence-electron chi connectivity index (χ0n) is 14.4. The molecule has 0 spiro atoms. The van der Waals surface area contributed by atoms with E-state index in [4.69, 9.17) is 11.6 Å². The van der Waals surface area contributed by atoms with Crippen molar-refractivity contribution in [2.75, 3.05) is 11.3 Å². The number of hydrogen-bond donors (Lipinski definition) is 1. The van der Waals surface area contributed by atoms with E-state index in [0.29, 0.717) is 23.8 Å². The topological polar surface area (TPSA) is 66.5 Å². The number of aryl methyl sites for hydroxylation is 1. The third kappa shape index (κ3) is 4.96. The minimum Gasteiger partial charge on any atom is -0.339 e. The van der Waals surface area contributed by atoms with Crippen LogP contribution in [0.1, 0.15) is 25.0 Å². The normalized spacial score (nSPS) is 11.2. The first kappa shape index (κ1) is 19.3. The van der Waals surface area contributed by atoms with Crippen molar-refractivity contribution in [1.82, 2.24) is 4.90 Å². The summed E-state index contributed by atoms with van der Waals surface area (Å²) in [6.07, 6.45) is 0. The zero-order valence-corrected chi connectivity index (χ0v) is 16.0. The van der Waals surface area contributed by atoms with E-state index in [1.54, 1.807) is 29.2 Å². The van der Waals surface area contributed by atoms with Crippen LogP contribution in [-0.4, -0.2) is 25.8 Å². The van der Waals surface area contributed by atoms with Crippen molar-refractivity contribution in [1.29, 1.82) is 0 Å². The molecular weight excluding hydrogens is 360 g/mol. The van der Waals surface area contributed by atoms with Gasteiger partial charge in [0.2, 0.25) is 5.91 Å². The number of carbonyl (C=O) groups excluding carboxylic acids is 1. The second-order valence-corrected chi connectivity index (χ2v) is 7.84. The number of halogens is 1.